The van der Waals surface area contributed by atoms with Crippen molar-refractivity contribution in [3.63, 3.8) is 0 Å². The van der Waals surface area contributed by atoms with Gasteiger partial charge in [0.1, 0.15) is 0 Å². The van der Waals surface area contributed by atoms with Crippen LogP contribution in [0, 0.1) is 12.8 Å². The number of ether oxygens (including phenoxy) is 1. The summed E-state index contributed by atoms with van der Waals surface area (Å²) >= 11 is 0. The third-order valence-electron chi connectivity index (χ3n) is 4.53. The van der Waals surface area contributed by atoms with Crippen LogP contribution in [-0.2, 0) is 4.79 Å². The maximum absolute atomic E-state index is 12.5. The number of aryl methyl sites for hydroxylation is 1. The molecule has 1 saturated heterocycles. The van der Waals surface area contributed by atoms with Gasteiger partial charge in [-0.1, -0.05) is 20.3 Å². The SMILES string of the molecule is CCOc1cc(C)nc(N2CCN(C(=O)C(N)C(C)CC)CC2)n1.Cl. The first-order chi connectivity index (χ1) is 11.5. The van der Waals surface area contributed by atoms with Crippen molar-refractivity contribution < 1.29 is 9.53 Å². The van der Waals surface area contributed by atoms with Crippen LogP contribution in [0.25, 0.3) is 0 Å². The lowest BCUT2D eigenvalue weighted by atomic mass is 9.98. The number of anilines is 1. The third kappa shape index (κ3) is 5.44. The van der Waals surface area contributed by atoms with E-state index in [0.29, 0.717) is 44.6 Å². The molecule has 8 heteroatoms. The van der Waals surface area contributed by atoms with Crippen LogP contribution in [0.3, 0.4) is 0 Å². The summed E-state index contributed by atoms with van der Waals surface area (Å²) in [6, 6.07) is 1.42. The molecule has 2 atom stereocenters. The fourth-order valence-corrected chi connectivity index (χ4v) is 2.72. The first kappa shape index (κ1) is 21.4. The van der Waals surface area contributed by atoms with Crippen molar-refractivity contribution in [3.05, 3.63) is 11.8 Å². The number of nitrogens with two attached hydrogens (primary N) is 1. The summed E-state index contributed by atoms with van der Waals surface area (Å²) in [5.74, 6) is 1.50. The van der Waals surface area contributed by atoms with E-state index in [2.05, 4.69) is 21.8 Å². The zero-order valence-corrected chi connectivity index (χ0v) is 16.4. The predicted octanol–water partition coefficient (Wildman–Crippen LogP) is 1.63. The molecule has 2 N–H and O–H groups in total. The highest BCUT2D eigenvalue weighted by molar-refractivity contribution is 5.85. The van der Waals surface area contributed by atoms with Crippen molar-refractivity contribution >= 4 is 24.3 Å². The van der Waals surface area contributed by atoms with Crippen LogP contribution < -0.4 is 15.4 Å². The number of amides is 1. The number of nitrogens with zero attached hydrogens (tertiary/aromatic N) is 4. The van der Waals surface area contributed by atoms with E-state index in [0.717, 1.165) is 12.1 Å². The van der Waals surface area contributed by atoms with Crippen molar-refractivity contribution in [2.45, 2.75) is 40.2 Å². The van der Waals surface area contributed by atoms with E-state index in [1.165, 1.54) is 0 Å². The van der Waals surface area contributed by atoms with Gasteiger partial charge < -0.3 is 20.3 Å². The quantitative estimate of drug-likeness (QED) is 0.818. The monoisotopic (exact) mass is 371 g/mol. The number of aromatic nitrogens is 2. The van der Waals surface area contributed by atoms with Gasteiger partial charge in [-0.05, 0) is 19.8 Å². The minimum atomic E-state index is -0.415. The molecule has 1 amide bonds. The van der Waals surface area contributed by atoms with Crippen LogP contribution >= 0.6 is 12.4 Å². The highest BCUT2D eigenvalue weighted by atomic mass is 35.5. The zero-order valence-electron chi connectivity index (χ0n) is 15.6. The Morgan fingerprint density at radius 2 is 1.92 bits per heavy atom. The van der Waals surface area contributed by atoms with E-state index in [4.69, 9.17) is 10.5 Å². The summed E-state index contributed by atoms with van der Waals surface area (Å²) < 4.78 is 5.49. The molecule has 0 aliphatic carbocycles. The fourth-order valence-electron chi connectivity index (χ4n) is 2.72. The normalized spacial score (nSPS) is 16.8. The lowest BCUT2D eigenvalue weighted by Gasteiger charge is -2.36. The lowest BCUT2D eigenvalue weighted by molar-refractivity contribution is -0.134. The van der Waals surface area contributed by atoms with Gasteiger partial charge in [0.25, 0.3) is 0 Å². The molecule has 1 aliphatic heterocycles. The van der Waals surface area contributed by atoms with E-state index in [1.54, 1.807) is 0 Å². The fraction of sp³-hybridized carbons (Fsp3) is 0.706. The van der Waals surface area contributed by atoms with Gasteiger partial charge in [-0.15, -0.1) is 12.4 Å². The van der Waals surface area contributed by atoms with Gasteiger partial charge >= 0.3 is 0 Å². The second-order valence-electron chi connectivity index (χ2n) is 6.30. The van der Waals surface area contributed by atoms with Crippen LogP contribution in [0.5, 0.6) is 5.88 Å². The summed E-state index contributed by atoms with van der Waals surface area (Å²) in [4.78, 5) is 25.4. The molecule has 0 radical (unpaired) electrons. The Balaban J connectivity index is 0.00000312. The van der Waals surface area contributed by atoms with Gasteiger partial charge in [0.05, 0.1) is 12.6 Å². The lowest BCUT2D eigenvalue weighted by Crippen LogP contribution is -2.54. The van der Waals surface area contributed by atoms with E-state index < -0.39 is 6.04 Å². The highest BCUT2D eigenvalue weighted by Gasteiger charge is 2.28. The summed E-state index contributed by atoms with van der Waals surface area (Å²) in [7, 11) is 0. The number of halogens is 1. The Kier molecular flexibility index (Phi) is 8.38. The Bertz CT molecular complexity index is 564. The Hall–Kier alpha value is -1.60. The first-order valence-corrected chi connectivity index (χ1v) is 8.74. The van der Waals surface area contributed by atoms with Gasteiger partial charge in [0.2, 0.25) is 17.7 Å². The molecule has 0 bridgehead atoms. The third-order valence-corrected chi connectivity index (χ3v) is 4.53. The molecule has 0 saturated carbocycles. The van der Waals surface area contributed by atoms with Crippen LogP contribution in [0.4, 0.5) is 5.95 Å². The summed E-state index contributed by atoms with van der Waals surface area (Å²) in [6.07, 6.45) is 0.907. The molecular weight excluding hydrogens is 342 g/mol. The van der Waals surface area contributed by atoms with E-state index in [9.17, 15) is 4.79 Å². The van der Waals surface area contributed by atoms with Gasteiger partial charge in [0.15, 0.2) is 0 Å². The Morgan fingerprint density at radius 3 is 2.48 bits per heavy atom. The maximum Gasteiger partial charge on any atom is 0.239 e. The van der Waals surface area contributed by atoms with Gasteiger partial charge in [-0.3, -0.25) is 4.79 Å². The molecule has 1 aliphatic rings. The van der Waals surface area contributed by atoms with Crippen molar-refractivity contribution in [2.75, 3.05) is 37.7 Å². The van der Waals surface area contributed by atoms with E-state index >= 15 is 0 Å². The number of piperazine rings is 1. The van der Waals surface area contributed by atoms with Gasteiger partial charge in [0, 0.05) is 37.9 Å². The number of rotatable bonds is 6. The van der Waals surface area contributed by atoms with Crippen LogP contribution in [-0.4, -0.2) is 59.6 Å². The van der Waals surface area contributed by atoms with Crippen LogP contribution in [0.15, 0.2) is 6.07 Å². The van der Waals surface area contributed by atoms with E-state index in [-0.39, 0.29) is 24.2 Å². The summed E-state index contributed by atoms with van der Waals surface area (Å²) in [6.45, 7) is 11.2. The Morgan fingerprint density at radius 1 is 1.28 bits per heavy atom. The second kappa shape index (κ2) is 9.77. The molecule has 142 valence electrons. The summed E-state index contributed by atoms with van der Waals surface area (Å²) in [5, 5.41) is 0. The molecule has 2 unspecified atom stereocenters. The minimum Gasteiger partial charge on any atom is -0.478 e. The number of carbonyl (C=O) groups excluding carboxylic acids is 1. The molecule has 1 aromatic heterocycles. The standard InChI is InChI=1S/C17H29N5O2.ClH/c1-5-12(3)15(18)16(23)21-7-9-22(10-8-21)17-19-13(4)11-14(20-17)24-6-2;/h11-12,15H,5-10,18H2,1-4H3;1H. The number of hydrogen-bond acceptors (Lipinski definition) is 6. The smallest absolute Gasteiger partial charge is 0.239 e. The average Bonchev–Trinajstić information content (AvgIpc) is 2.59. The maximum atomic E-state index is 12.5. The molecular formula is C17H30ClN5O2. The van der Waals surface area contributed by atoms with Crippen molar-refractivity contribution in [2.24, 2.45) is 11.7 Å². The Labute approximate surface area is 156 Å². The summed E-state index contributed by atoms with van der Waals surface area (Å²) in [5.41, 5.74) is 6.95. The minimum absolute atomic E-state index is 0. The molecule has 2 rings (SSSR count). The molecule has 1 fully saturated rings. The number of carbonyl (C=O) groups is 1. The number of hydrogen-bond donors (Lipinski definition) is 1. The van der Waals surface area contributed by atoms with Crippen molar-refractivity contribution in [3.8, 4) is 5.88 Å². The van der Waals surface area contributed by atoms with Crippen molar-refractivity contribution in [1.29, 1.82) is 0 Å². The van der Waals surface area contributed by atoms with Crippen LogP contribution in [0.2, 0.25) is 0 Å². The molecule has 0 aromatic carbocycles. The topological polar surface area (TPSA) is 84.6 Å². The van der Waals surface area contributed by atoms with Gasteiger partial charge in [-0.25, -0.2) is 4.98 Å². The predicted molar refractivity (Wildman–Crippen MR) is 101 cm³/mol. The first-order valence-electron chi connectivity index (χ1n) is 8.74. The molecule has 7 nitrogen and oxygen atoms in total. The highest BCUT2D eigenvalue weighted by Crippen LogP contribution is 2.18. The second-order valence-corrected chi connectivity index (χ2v) is 6.30. The van der Waals surface area contributed by atoms with Gasteiger partial charge in [-0.2, -0.15) is 4.98 Å². The molecule has 2 heterocycles. The molecule has 1 aromatic rings. The molecule has 25 heavy (non-hydrogen) atoms. The zero-order chi connectivity index (χ0) is 17.7. The largest absolute Gasteiger partial charge is 0.478 e. The van der Waals surface area contributed by atoms with Crippen LogP contribution in [0.1, 0.15) is 32.9 Å². The average molecular weight is 372 g/mol. The van der Waals surface area contributed by atoms with E-state index in [1.807, 2.05) is 31.7 Å². The van der Waals surface area contributed by atoms with Crippen molar-refractivity contribution in [1.82, 2.24) is 14.9 Å². The molecule has 0 spiro atoms.